The lowest BCUT2D eigenvalue weighted by Gasteiger charge is -2.36. The molecule has 1 aliphatic rings. The number of nitrogen functional groups attached to an aromatic ring is 1. The van der Waals surface area contributed by atoms with E-state index < -0.39 is 0 Å². The van der Waals surface area contributed by atoms with E-state index in [1.807, 2.05) is 15.8 Å². The fourth-order valence-electron chi connectivity index (χ4n) is 4.93. The molecule has 1 unspecified atom stereocenters. The number of benzene rings is 1. The van der Waals surface area contributed by atoms with Crippen LogP contribution >= 0.6 is 0 Å². The van der Waals surface area contributed by atoms with E-state index in [2.05, 4.69) is 54.3 Å². The minimum Gasteiger partial charge on any atom is -0.496 e. The van der Waals surface area contributed by atoms with Crippen LogP contribution in [0.1, 0.15) is 57.6 Å². The summed E-state index contributed by atoms with van der Waals surface area (Å²) in [7, 11) is 1.70. The highest BCUT2D eigenvalue weighted by Crippen LogP contribution is 2.27. The van der Waals surface area contributed by atoms with E-state index in [9.17, 15) is 5.11 Å². The first-order valence-corrected chi connectivity index (χ1v) is 13.2. The minimum atomic E-state index is -0.0786. The number of hydrogen-bond acceptors (Lipinski definition) is 9. The van der Waals surface area contributed by atoms with Gasteiger partial charge in [0.05, 0.1) is 32.1 Å². The van der Waals surface area contributed by atoms with Crippen molar-refractivity contribution in [3.05, 3.63) is 35.5 Å². The minimum absolute atomic E-state index is 0.0283. The molecule has 10 heteroatoms. The molecule has 0 amide bonds. The fraction of sp³-hybridized carbons (Fsp3) is 0.593. The fourth-order valence-corrected chi connectivity index (χ4v) is 4.93. The number of anilines is 2. The van der Waals surface area contributed by atoms with Gasteiger partial charge in [-0.25, -0.2) is 4.98 Å². The number of ether oxygens (including phenoxy) is 2. The molecule has 1 saturated heterocycles. The highest BCUT2D eigenvalue weighted by Gasteiger charge is 2.28. The van der Waals surface area contributed by atoms with Crippen LogP contribution in [0.3, 0.4) is 0 Å². The third-order valence-electron chi connectivity index (χ3n) is 6.84. The molecule has 4 N–H and O–H groups in total. The van der Waals surface area contributed by atoms with Crippen molar-refractivity contribution in [2.45, 2.75) is 71.2 Å². The Balaban J connectivity index is 1.51. The van der Waals surface area contributed by atoms with Crippen molar-refractivity contribution in [3.63, 3.8) is 0 Å². The Morgan fingerprint density at radius 3 is 2.86 bits per heavy atom. The van der Waals surface area contributed by atoms with Gasteiger partial charge in [-0.3, -0.25) is 4.68 Å². The van der Waals surface area contributed by atoms with E-state index in [1.54, 1.807) is 7.11 Å². The van der Waals surface area contributed by atoms with Crippen molar-refractivity contribution in [3.8, 4) is 5.75 Å². The summed E-state index contributed by atoms with van der Waals surface area (Å²) in [6.45, 7) is 9.79. The van der Waals surface area contributed by atoms with Gasteiger partial charge in [-0.2, -0.15) is 10.1 Å². The summed E-state index contributed by atoms with van der Waals surface area (Å²) in [6.07, 6.45) is 5.93. The summed E-state index contributed by atoms with van der Waals surface area (Å²) in [6, 6.07) is 6.76. The van der Waals surface area contributed by atoms with Gasteiger partial charge in [0.1, 0.15) is 11.3 Å². The van der Waals surface area contributed by atoms with Crippen LogP contribution < -0.4 is 20.7 Å². The molecule has 1 fully saturated rings. The Kier molecular flexibility index (Phi) is 8.83. The topological polar surface area (TPSA) is 124 Å². The second-order valence-electron chi connectivity index (χ2n) is 10.4. The summed E-state index contributed by atoms with van der Waals surface area (Å²) >= 11 is 0. The van der Waals surface area contributed by atoms with Gasteiger partial charge >= 0.3 is 0 Å². The summed E-state index contributed by atoms with van der Waals surface area (Å²) in [5.74, 6) is 1.68. The molecule has 3 heterocycles. The first-order chi connectivity index (χ1) is 17.8. The Hall–Kier alpha value is -2.95. The molecule has 0 saturated carbocycles. The molecule has 0 bridgehead atoms. The van der Waals surface area contributed by atoms with Crippen molar-refractivity contribution in [1.29, 1.82) is 0 Å². The number of nitrogens with one attached hydrogen (secondary N) is 1. The maximum Gasteiger partial charge on any atom is 0.222 e. The summed E-state index contributed by atoms with van der Waals surface area (Å²) < 4.78 is 13.4. The zero-order chi connectivity index (χ0) is 26.4. The first-order valence-electron chi connectivity index (χ1n) is 13.2. The van der Waals surface area contributed by atoms with E-state index in [0.29, 0.717) is 36.0 Å². The number of aromatic nitrogens is 4. The highest BCUT2D eigenvalue weighted by molar-refractivity contribution is 5.86. The molecule has 0 spiro atoms. The predicted molar refractivity (Wildman–Crippen MR) is 146 cm³/mol. The van der Waals surface area contributed by atoms with Crippen LogP contribution in [0.2, 0.25) is 0 Å². The number of nitrogens with zero attached hydrogens (tertiary/aromatic N) is 5. The first kappa shape index (κ1) is 27.1. The molecule has 0 radical (unpaired) electrons. The van der Waals surface area contributed by atoms with Crippen LogP contribution in [-0.4, -0.2) is 69.9 Å². The summed E-state index contributed by atoms with van der Waals surface area (Å²) in [4.78, 5) is 10.9. The number of aliphatic hydroxyl groups excluding tert-OH is 1. The van der Waals surface area contributed by atoms with Crippen molar-refractivity contribution in [2.75, 3.05) is 44.0 Å². The normalized spacial score (nSPS) is 17.3. The van der Waals surface area contributed by atoms with Crippen molar-refractivity contribution < 1.29 is 14.6 Å². The molecule has 1 aliphatic heterocycles. The number of aliphatic hydroxyl groups is 1. The van der Waals surface area contributed by atoms with E-state index in [-0.39, 0.29) is 18.2 Å². The van der Waals surface area contributed by atoms with Crippen LogP contribution in [0.25, 0.3) is 11.0 Å². The third kappa shape index (κ3) is 6.88. The van der Waals surface area contributed by atoms with Crippen LogP contribution in [0.5, 0.6) is 5.75 Å². The van der Waals surface area contributed by atoms with Gasteiger partial charge in [0, 0.05) is 37.8 Å². The number of methoxy groups -OCH3 is 1. The van der Waals surface area contributed by atoms with E-state index in [4.69, 9.17) is 20.3 Å². The van der Waals surface area contributed by atoms with Gasteiger partial charge < -0.3 is 30.5 Å². The maximum absolute atomic E-state index is 9.59. The zero-order valence-corrected chi connectivity index (χ0v) is 22.5. The molecular formula is C27H41N7O3. The maximum atomic E-state index is 9.59. The van der Waals surface area contributed by atoms with Crippen molar-refractivity contribution in [1.82, 2.24) is 25.1 Å². The zero-order valence-electron chi connectivity index (χ0n) is 22.5. The number of unbranched alkanes of at least 4 members (excludes halogenated alkanes) is 1. The average molecular weight is 512 g/mol. The van der Waals surface area contributed by atoms with Gasteiger partial charge in [0.25, 0.3) is 0 Å². The van der Waals surface area contributed by atoms with Gasteiger partial charge in [0.2, 0.25) is 5.95 Å². The van der Waals surface area contributed by atoms with Gasteiger partial charge in [-0.15, -0.1) is 0 Å². The number of fused-ring (bicyclic) bond motifs is 1. The molecule has 4 rings (SSSR count). The second-order valence-corrected chi connectivity index (χ2v) is 10.4. The van der Waals surface area contributed by atoms with Crippen molar-refractivity contribution in [2.24, 2.45) is 0 Å². The second kappa shape index (κ2) is 12.1. The molecule has 37 heavy (non-hydrogen) atoms. The van der Waals surface area contributed by atoms with E-state index in [1.165, 1.54) is 5.56 Å². The smallest absolute Gasteiger partial charge is 0.222 e. The quantitative estimate of drug-likeness (QED) is 0.336. The molecule has 10 nitrogen and oxygen atoms in total. The van der Waals surface area contributed by atoms with Crippen LogP contribution in [0.4, 0.5) is 11.8 Å². The summed E-state index contributed by atoms with van der Waals surface area (Å²) in [5.41, 5.74) is 9.50. The van der Waals surface area contributed by atoms with Crippen LogP contribution in [0, 0.1) is 0 Å². The molecule has 1 atom stereocenters. The Morgan fingerprint density at radius 1 is 1.30 bits per heavy atom. The lowest BCUT2D eigenvalue weighted by atomic mass is 9.94. The number of nitrogens with two attached hydrogens (primary N) is 1. The Labute approximate surface area is 219 Å². The van der Waals surface area contributed by atoms with E-state index in [0.717, 1.165) is 56.7 Å². The monoisotopic (exact) mass is 511 g/mol. The highest BCUT2D eigenvalue weighted by atomic mass is 16.5. The Bertz CT molecular complexity index is 1180. The van der Waals surface area contributed by atoms with Crippen molar-refractivity contribution >= 4 is 22.8 Å². The lowest BCUT2D eigenvalue weighted by molar-refractivity contribution is -0.0630. The molecular weight excluding hydrogens is 470 g/mol. The van der Waals surface area contributed by atoms with Gasteiger partial charge in [0.15, 0.2) is 11.3 Å². The number of hydrogen-bond donors (Lipinski definition) is 3. The van der Waals surface area contributed by atoms with Gasteiger partial charge in [-0.05, 0) is 44.7 Å². The van der Waals surface area contributed by atoms with Gasteiger partial charge in [-0.1, -0.05) is 25.5 Å². The lowest BCUT2D eigenvalue weighted by Crippen LogP contribution is -2.43. The molecule has 1 aromatic carbocycles. The van der Waals surface area contributed by atoms with Crippen LogP contribution in [-0.2, 0) is 17.8 Å². The SMILES string of the molecule is CCCCN(CCO)c1nc(N)nc2cn(Cc3ccc(CNC4CCOC(C)(C)C4)cc3OC)nc12. The molecule has 0 aliphatic carbocycles. The molecule has 3 aromatic rings. The molecule has 2 aromatic heterocycles. The largest absolute Gasteiger partial charge is 0.496 e. The van der Waals surface area contributed by atoms with Crippen LogP contribution in [0.15, 0.2) is 24.4 Å². The third-order valence-corrected chi connectivity index (χ3v) is 6.84. The standard InChI is InChI=1S/C27H41N7O3/c1-5-6-10-33(11-12-35)25-24-22(30-26(28)31-25)18-34(32-24)17-20-8-7-19(14-23(20)36-4)16-29-21-9-13-37-27(2,3)15-21/h7-8,14,18,21,29,35H,5-6,9-13,15-17H2,1-4H3,(H2,28,30). The number of rotatable bonds is 12. The average Bonchev–Trinajstić information content (AvgIpc) is 3.27. The summed E-state index contributed by atoms with van der Waals surface area (Å²) in [5, 5.41) is 18.1. The predicted octanol–water partition coefficient (Wildman–Crippen LogP) is 3.11. The van der Waals surface area contributed by atoms with E-state index >= 15 is 0 Å². The Morgan fingerprint density at radius 2 is 2.14 bits per heavy atom. The molecule has 202 valence electrons.